The Kier molecular flexibility index (Phi) is 6.60. The highest BCUT2D eigenvalue weighted by Gasteiger charge is 2.14. The highest BCUT2D eigenvalue weighted by Crippen LogP contribution is 2.30. The first kappa shape index (κ1) is 17.1. The maximum absolute atomic E-state index is 5.93. The average molecular weight is 382 g/mol. The lowest BCUT2D eigenvalue weighted by Gasteiger charge is -2.30. The Morgan fingerprint density at radius 3 is 2.57 bits per heavy atom. The topological polar surface area (TPSA) is 27.7 Å². The largest absolute Gasteiger partial charge is 0.494 e. The molecule has 5 heteroatoms. The smallest absolute Gasteiger partial charge is 0.120 e. The maximum atomic E-state index is 5.93. The first-order valence-electron chi connectivity index (χ1n) is 8.93. The van der Waals surface area contributed by atoms with Gasteiger partial charge in [-0.3, -0.25) is 0 Å². The van der Waals surface area contributed by atoms with Gasteiger partial charge in [0.25, 0.3) is 0 Å². The summed E-state index contributed by atoms with van der Waals surface area (Å²) in [6, 6.07) is 6.39. The van der Waals surface area contributed by atoms with Gasteiger partial charge in [0.1, 0.15) is 5.75 Å². The minimum Gasteiger partial charge on any atom is -0.494 e. The number of nitrogens with one attached hydrogen (secondary N) is 1. The summed E-state index contributed by atoms with van der Waals surface area (Å²) in [6.07, 6.45) is 5.24. The summed E-state index contributed by atoms with van der Waals surface area (Å²) in [7, 11) is 0. The summed E-state index contributed by atoms with van der Waals surface area (Å²) < 4.78 is 7.07. The van der Waals surface area contributed by atoms with Gasteiger partial charge in [0.05, 0.1) is 12.3 Å². The SMILES string of the molecule is Brc1cc(OCCCN2CCCCC2)ccc1N1CCNCC1. The zero-order valence-corrected chi connectivity index (χ0v) is 15.5. The molecule has 1 aromatic carbocycles. The molecule has 2 aliphatic rings. The molecule has 2 aliphatic heterocycles. The summed E-state index contributed by atoms with van der Waals surface area (Å²) in [5.74, 6) is 0.967. The van der Waals surface area contributed by atoms with Crippen LogP contribution in [-0.2, 0) is 0 Å². The molecule has 23 heavy (non-hydrogen) atoms. The van der Waals surface area contributed by atoms with E-state index < -0.39 is 0 Å². The summed E-state index contributed by atoms with van der Waals surface area (Å²) in [6.45, 7) is 8.75. The van der Waals surface area contributed by atoms with Gasteiger partial charge in [0.2, 0.25) is 0 Å². The Hall–Kier alpha value is -0.780. The number of benzene rings is 1. The Morgan fingerprint density at radius 2 is 1.83 bits per heavy atom. The van der Waals surface area contributed by atoms with Crippen LogP contribution < -0.4 is 15.0 Å². The molecule has 0 amide bonds. The lowest BCUT2D eigenvalue weighted by molar-refractivity contribution is 0.205. The average Bonchev–Trinajstić information content (AvgIpc) is 2.60. The van der Waals surface area contributed by atoms with Crippen molar-refractivity contribution in [1.82, 2.24) is 10.2 Å². The summed E-state index contributed by atoms with van der Waals surface area (Å²) in [5, 5.41) is 3.39. The fraction of sp³-hybridized carbons (Fsp3) is 0.667. The monoisotopic (exact) mass is 381 g/mol. The van der Waals surface area contributed by atoms with Crippen LogP contribution in [0.15, 0.2) is 22.7 Å². The number of anilines is 1. The standard InChI is InChI=1S/C18H28BrN3O/c19-17-15-16(5-6-18(17)22-12-7-20-8-13-22)23-14-4-11-21-9-2-1-3-10-21/h5-6,15,20H,1-4,7-14H2. The third kappa shape index (κ3) is 5.10. The van der Waals surface area contributed by atoms with Gasteiger partial charge in [-0.1, -0.05) is 6.42 Å². The van der Waals surface area contributed by atoms with E-state index in [1.807, 2.05) is 0 Å². The first-order chi connectivity index (χ1) is 11.3. The minimum absolute atomic E-state index is 0.802. The van der Waals surface area contributed by atoms with Crippen LogP contribution in [0.3, 0.4) is 0 Å². The lowest BCUT2D eigenvalue weighted by atomic mass is 10.1. The molecule has 0 radical (unpaired) electrons. The second kappa shape index (κ2) is 8.90. The Balaban J connectivity index is 1.44. The number of likely N-dealkylation sites (tertiary alicyclic amines) is 1. The van der Waals surface area contributed by atoms with Crippen LogP contribution in [0.5, 0.6) is 5.75 Å². The normalized spacial score (nSPS) is 19.8. The molecule has 0 unspecified atom stereocenters. The van der Waals surface area contributed by atoms with Crippen molar-refractivity contribution in [3.63, 3.8) is 0 Å². The van der Waals surface area contributed by atoms with Gasteiger partial charge in [0, 0.05) is 37.2 Å². The Morgan fingerprint density at radius 1 is 1.04 bits per heavy atom. The quantitative estimate of drug-likeness (QED) is 0.766. The molecule has 0 aliphatic carbocycles. The zero-order chi connectivity index (χ0) is 15.9. The van der Waals surface area contributed by atoms with Crippen LogP contribution in [0.4, 0.5) is 5.69 Å². The van der Waals surface area contributed by atoms with Crippen LogP contribution in [0, 0.1) is 0 Å². The maximum Gasteiger partial charge on any atom is 0.120 e. The van der Waals surface area contributed by atoms with E-state index in [9.17, 15) is 0 Å². The van der Waals surface area contributed by atoms with Crippen molar-refractivity contribution in [3.8, 4) is 5.75 Å². The van der Waals surface area contributed by atoms with Gasteiger partial charge in [-0.15, -0.1) is 0 Å². The molecular formula is C18H28BrN3O. The number of piperidine rings is 1. The third-order valence-electron chi connectivity index (χ3n) is 4.71. The summed E-state index contributed by atoms with van der Waals surface area (Å²) in [5.41, 5.74) is 1.27. The number of hydrogen-bond acceptors (Lipinski definition) is 4. The molecule has 0 spiro atoms. The van der Waals surface area contributed by atoms with Gasteiger partial charge in [-0.2, -0.15) is 0 Å². The van der Waals surface area contributed by atoms with E-state index in [1.165, 1.54) is 44.6 Å². The Bertz CT molecular complexity index is 485. The highest BCUT2D eigenvalue weighted by molar-refractivity contribution is 9.10. The molecular weight excluding hydrogens is 354 g/mol. The van der Waals surface area contributed by atoms with Crippen molar-refractivity contribution in [3.05, 3.63) is 22.7 Å². The predicted molar refractivity (Wildman–Crippen MR) is 99.6 cm³/mol. The molecule has 4 nitrogen and oxygen atoms in total. The fourth-order valence-electron chi connectivity index (χ4n) is 3.40. The molecule has 3 rings (SSSR count). The predicted octanol–water partition coefficient (Wildman–Crippen LogP) is 3.11. The van der Waals surface area contributed by atoms with E-state index in [-0.39, 0.29) is 0 Å². The summed E-state index contributed by atoms with van der Waals surface area (Å²) >= 11 is 3.70. The Labute approximate surface area is 148 Å². The van der Waals surface area contributed by atoms with Crippen LogP contribution >= 0.6 is 15.9 Å². The number of nitrogens with zero attached hydrogens (tertiary/aromatic N) is 2. The molecule has 1 aromatic rings. The fourth-order valence-corrected chi connectivity index (χ4v) is 4.01. The minimum atomic E-state index is 0.802. The van der Waals surface area contributed by atoms with E-state index in [1.54, 1.807) is 0 Å². The van der Waals surface area contributed by atoms with Crippen molar-refractivity contribution in [2.75, 3.05) is 57.3 Å². The molecule has 128 valence electrons. The molecule has 0 aromatic heterocycles. The number of ether oxygens (including phenoxy) is 1. The van der Waals surface area contributed by atoms with Crippen molar-refractivity contribution in [1.29, 1.82) is 0 Å². The van der Waals surface area contributed by atoms with Gasteiger partial charge < -0.3 is 19.9 Å². The second-order valence-electron chi connectivity index (χ2n) is 6.45. The number of rotatable bonds is 6. The molecule has 2 saturated heterocycles. The van der Waals surface area contributed by atoms with Crippen molar-refractivity contribution >= 4 is 21.6 Å². The van der Waals surface area contributed by atoms with Crippen LogP contribution in [0.25, 0.3) is 0 Å². The van der Waals surface area contributed by atoms with Gasteiger partial charge in [-0.05, 0) is 66.5 Å². The zero-order valence-electron chi connectivity index (χ0n) is 13.9. The van der Waals surface area contributed by atoms with Gasteiger partial charge in [-0.25, -0.2) is 0 Å². The van der Waals surface area contributed by atoms with E-state index in [0.717, 1.165) is 49.4 Å². The third-order valence-corrected chi connectivity index (χ3v) is 5.35. The van der Waals surface area contributed by atoms with E-state index in [2.05, 4.69) is 49.2 Å². The molecule has 0 bridgehead atoms. The highest BCUT2D eigenvalue weighted by atomic mass is 79.9. The van der Waals surface area contributed by atoms with Crippen LogP contribution in [-0.4, -0.2) is 57.3 Å². The summed E-state index contributed by atoms with van der Waals surface area (Å²) in [4.78, 5) is 4.98. The molecule has 1 N–H and O–H groups in total. The van der Waals surface area contributed by atoms with Crippen molar-refractivity contribution in [2.45, 2.75) is 25.7 Å². The van der Waals surface area contributed by atoms with E-state index >= 15 is 0 Å². The molecule has 2 fully saturated rings. The second-order valence-corrected chi connectivity index (χ2v) is 7.31. The van der Waals surface area contributed by atoms with E-state index in [0.29, 0.717) is 0 Å². The van der Waals surface area contributed by atoms with E-state index in [4.69, 9.17) is 4.74 Å². The van der Waals surface area contributed by atoms with Crippen LogP contribution in [0.2, 0.25) is 0 Å². The molecule has 0 atom stereocenters. The van der Waals surface area contributed by atoms with Crippen molar-refractivity contribution < 1.29 is 4.74 Å². The number of halogens is 1. The number of hydrogen-bond donors (Lipinski definition) is 1. The number of piperazine rings is 1. The van der Waals surface area contributed by atoms with Gasteiger partial charge >= 0.3 is 0 Å². The van der Waals surface area contributed by atoms with Crippen LogP contribution in [0.1, 0.15) is 25.7 Å². The van der Waals surface area contributed by atoms with Crippen molar-refractivity contribution in [2.24, 2.45) is 0 Å². The lowest BCUT2D eigenvalue weighted by Crippen LogP contribution is -2.43. The molecule has 0 saturated carbocycles. The molecule has 2 heterocycles. The van der Waals surface area contributed by atoms with Gasteiger partial charge in [0.15, 0.2) is 0 Å². The first-order valence-corrected chi connectivity index (χ1v) is 9.72.